The highest BCUT2D eigenvalue weighted by Crippen LogP contribution is 2.47. The average Bonchev–Trinajstić information content (AvgIpc) is 2.91. The Morgan fingerprint density at radius 3 is 2.58 bits per heavy atom. The maximum absolute atomic E-state index is 13.7. The quantitative estimate of drug-likeness (QED) is 0.805. The number of rotatable bonds is 2. The molecule has 1 fully saturated rings. The summed E-state index contributed by atoms with van der Waals surface area (Å²) in [6.45, 7) is 3.54. The first-order valence-electron chi connectivity index (χ1n) is 8.57. The molecular formula is C19H20F2N2O2S. The normalized spacial score (nSPS) is 23.0. The molecule has 0 spiro atoms. The first-order valence-corrected chi connectivity index (χ1v) is 10.0. The summed E-state index contributed by atoms with van der Waals surface area (Å²) in [5, 5.41) is 0. The first-order chi connectivity index (χ1) is 12.3. The van der Waals surface area contributed by atoms with Crippen LogP contribution < -0.4 is 4.31 Å². The van der Waals surface area contributed by atoms with Gasteiger partial charge < -0.3 is 4.90 Å². The van der Waals surface area contributed by atoms with Crippen molar-refractivity contribution >= 4 is 15.7 Å². The van der Waals surface area contributed by atoms with Crippen molar-refractivity contribution in [1.29, 1.82) is 0 Å². The van der Waals surface area contributed by atoms with E-state index in [4.69, 9.17) is 0 Å². The van der Waals surface area contributed by atoms with Crippen LogP contribution >= 0.6 is 0 Å². The van der Waals surface area contributed by atoms with Crippen LogP contribution in [-0.4, -0.2) is 39.5 Å². The molecule has 1 saturated heterocycles. The summed E-state index contributed by atoms with van der Waals surface area (Å²) in [7, 11) is -1.96. The fourth-order valence-electron chi connectivity index (χ4n) is 4.10. The van der Waals surface area contributed by atoms with E-state index in [1.54, 1.807) is 0 Å². The van der Waals surface area contributed by atoms with Gasteiger partial charge in [0, 0.05) is 12.5 Å². The van der Waals surface area contributed by atoms with E-state index in [0.29, 0.717) is 12.1 Å². The number of fused-ring (bicyclic) bond motifs is 3. The summed E-state index contributed by atoms with van der Waals surface area (Å²) in [5.41, 5.74) is 2.72. The summed E-state index contributed by atoms with van der Waals surface area (Å²) in [5.74, 6) is -2.14. The monoisotopic (exact) mass is 378 g/mol. The number of benzene rings is 2. The van der Waals surface area contributed by atoms with E-state index in [1.807, 2.05) is 32.2 Å². The second kappa shape index (κ2) is 6.03. The van der Waals surface area contributed by atoms with E-state index in [9.17, 15) is 17.2 Å². The molecule has 7 heteroatoms. The molecular weight excluding hydrogens is 358 g/mol. The third kappa shape index (κ3) is 2.61. The van der Waals surface area contributed by atoms with Crippen LogP contribution in [-0.2, 0) is 10.0 Å². The Morgan fingerprint density at radius 1 is 1.08 bits per heavy atom. The predicted molar refractivity (Wildman–Crippen MR) is 95.8 cm³/mol. The zero-order valence-electron chi connectivity index (χ0n) is 14.6. The predicted octanol–water partition coefficient (Wildman–Crippen LogP) is 3.27. The van der Waals surface area contributed by atoms with Crippen LogP contribution in [0.3, 0.4) is 0 Å². The lowest BCUT2D eigenvalue weighted by atomic mass is 9.89. The van der Waals surface area contributed by atoms with Gasteiger partial charge >= 0.3 is 0 Å². The van der Waals surface area contributed by atoms with E-state index in [1.165, 1.54) is 4.31 Å². The van der Waals surface area contributed by atoms with Crippen LogP contribution in [0, 0.1) is 18.6 Å². The summed E-state index contributed by atoms with van der Waals surface area (Å²) < 4.78 is 55.0. The highest BCUT2D eigenvalue weighted by Gasteiger charge is 2.46. The zero-order valence-corrected chi connectivity index (χ0v) is 15.4. The Morgan fingerprint density at radius 2 is 1.85 bits per heavy atom. The van der Waals surface area contributed by atoms with E-state index in [2.05, 4.69) is 4.90 Å². The number of nitrogens with zero attached hydrogens (tertiary/aromatic N) is 2. The number of sulfonamides is 1. The van der Waals surface area contributed by atoms with Crippen molar-refractivity contribution < 1.29 is 17.2 Å². The van der Waals surface area contributed by atoms with Gasteiger partial charge in [-0.05, 0) is 56.8 Å². The standard InChI is InChI=1S/C19H20F2N2O2S/c1-12-3-6-18-14(9-12)15-11-22(2)8-7-19(15)23(18)26(24,25)13-4-5-16(20)17(21)10-13/h3-6,9-10,15,19H,7-8,11H2,1-2H3/t15-,19+/m1/s1. The van der Waals surface area contributed by atoms with Gasteiger partial charge in [0.1, 0.15) is 0 Å². The lowest BCUT2D eigenvalue weighted by Crippen LogP contribution is -2.47. The number of hydrogen-bond acceptors (Lipinski definition) is 3. The molecule has 0 saturated carbocycles. The van der Waals surface area contributed by atoms with Crippen molar-refractivity contribution in [2.45, 2.75) is 30.2 Å². The number of likely N-dealkylation sites (tertiary alicyclic amines) is 1. The number of halogens is 2. The van der Waals surface area contributed by atoms with Crippen molar-refractivity contribution in [2.24, 2.45) is 0 Å². The largest absolute Gasteiger partial charge is 0.306 e. The van der Waals surface area contributed by atoms with Crippen LogP contribution in [0.2, 0.25) is 0 Å². The van der Waals surface area contributed by atoms with Gasteiger partial charge in [-0.1, -0.05) is 17.7 Å². The van der Waals surface area contributed by atoms with Gasteiger partial charge in [-0.15, -0.1) is 0 Å². The number of hydrogen-bond donors (Lipinski definition) is 0. The van der Waals surface area contributed by atoms with Crippen molar-refractivity contribution in [1.82, 2.24) is 4.90 Å². The topological polar surface area (TPSA) is 40.6 Å². The molecule has 26 heavy (non-hydrogen) atoms. The van der Waals surface area contributed by atoms with Crippen LogP contribution in [0.4, 0.5) is 14.5 Å². The van der Waals surface area contributed by atoms with E-state index in [0.717, 1.165) is 42.4 Å². The molecule has 0 aromatic heterocycles. The van der Waals surface area contributed by atoms with Crippen LogP contribution in [0.15, 0.2) is 41.3 Å². The molecule has 4 nitrogen and oxygen atoms in total. The molecule has 0 radical (unpaired) electrons. The highest BCUT2D eigenvalue weighted by molar-refractivity contribution is 7.92. The molecule has 0 unspecified atom stereocenters. The zero-order chi connectivity index (χ0) is 18.6. The summed E-state index contributed by atoms with van der Waals surface area (Å²) in [6.07, 6.45) is 0.692. The van der Waals surface area contributed by atoms with Crippen molar-refractivity contribution in [2.75, 3.05) is 24.4 Å². The molecule has 0 amide bonds. The van der Waals surface area contributed by atoms with Gasteiger partial charge in [-0.3, -0.25) is 4.31 Å². The van der Waals surface area contributed by atoms with Gasteiger partial charge in [-0.25, -0.2) is 17.2 Å². The lowest BCUT2D eigenvalue weighted by Gasteiger charge is -2.36. The van der Waals surface area contributed by atoms with Gasteiger partial charge in [0.2, 0.25) is 0 Å². The molecule has 138 valence electrons. The average molecular weight is 378 g/mol. The molecule has 0 N–H and O–H groups in total. The van der Waals surface area contributed by atoms with Gasteiger partial charge in [0.05, 0.1) is 16.6 Å². The molecule has 0 bridgehead atoms. The first kappa shape index (κ1) is 17.4. The third-order valence-corrected chi connectivity index (χ3v) is 7.18. The Balaban J connectivity index is 1.86. The third-order valence-electron chi connectivity index (χ3n) is 5.35. The van der Waals surface area contributed by atoms with Gasteiger partial charge in [0.25, 0.3) is 10.0 Å². The lowest BCUT2D eigenvalue weighted by molar-refractivity contribution is 0.237. The van der Waals surface area contributed by atoms with Crippen molar-refractivity contribution in [3.8, 4) is 0 Å². The Kier molecular flexibility index (Phi) is 4.04. The van der Waals surface area contributed by atoms with E-state index >= 15 is 0 Å². The second-order valence-corrected chi connectivity index (χ2v) is 8.98. The van der Waals surface area contributed by atoms with Crippen molar-refractivity contribution in [3.05, 3.63) is 59.2 Å². The Hall–Kier alpha value is -1.99. The maximum Gasteiger partial charge on any atom is 0.264 e. The molecule has 0 aliphatic carbocycles. The Bertz CT molecular complexity index is 977. The van der Waals surface area contributed by atoms with Crippen LogP contribution in [0.5, 0.6) is 0 Å². The fraction of sp³-hybridized carbons (Fsp3) is 0.368. The molecule has 2 heterocycles. The number of piperidine rings is 1. The van der Waals surface area contributed by atoms with Gasteiger partial charge in [0.15, 0.2) is 11.6 Å². The number of anilines is 1. The molecule has 2 atom stereocenters. The molecule has 2 aromatic rings. The number of aryl methyl sites for hydroxylation is 1. The summed E-state index contributed by atoms with van der Waals surface area (Å²) >= 11 is 0. The van der Waals surface area contributed by atoms with Crippen LogP contribution in [0.25, 0.3) is 0 Å². The van der Waals surface area contributed by atoms with Crippen LogP contribution in [0.1, 0.15) is 23.5 Å². The second-order valence-electron chi connectivity index (χ2n) is 7.16. The minimum Gasteiger partial charge on any atom is -0.306 e. The molecule has 2 aliphatic heterocycles. The Labute approximate surface area is 152 Å². The summed E-state index contributed by atoms with van der Waals surface area (Å²) in [4.78, 5) is 1.98. The van der Waals surface area contributed by atoms with Gasteiger partial charge in [-0.2, -0.15) is 0 Å². The fourth-order valence-corrected chi connectivity index (χ4v) is 5.85. The minimum atomic E-state index is -3.98. The maximum atomic E-state index is 13.7. The molecule has 2 aliphatic rings. The summed E-state index contributed by atoms with van der Waals surface area (Å²) in [6, 6.07) is 8.28. The van der Waals surface area contributed by atoms with E-state index in [-0.39, 0.29) is 16.9 Å². The van der Waals surface area contributed by atoms with E-state index < -0.39 is 21.7 Å². The number of likely N-dealkylation sites (N-methyl/N-ethyl adjacent to an activating group) is 1. The molecule has 2 aromatic carbocycles. The minimum absolute atomic E-state index is 0.0729. The highest BCUT2D eigenvalue weighted by atomic mass is 32.2. The molecule has 4 rings (SSSR count). The SMILES string of the molecule is Cc1ccc2c(c1)[C@H]1CN(C)CC[C@@H]1N2S(=O)(=O)c1ccc(F)c(F)c1. The van der Waals surface area contributed by atoms with Crippen molar-refractivity contribution in [3.63, 3.8) is 0 Å². The smallest absolute Gasteiger partial charge is 0.264 e.